The second-order valence-corrected chi connectivity index (χ2v) is 4.74. The Labute approximate surface area is 100 Å². The minimum atomic E-state index is -0.749. The number of rotatable bonds is 3. The Morgan fingerprint density at radius 3 is 2.71 bits per heavy atom. The summed E-state index contributed by atoms with van der Waals surface area (Å²) in [5, 5.41) is 0. The fourth-order valence-corrected chi connectivity index (χ4v) is 1.77. The normalized spacial score (nSPS) is 27.3. The number of carbonyl (C=O) groups excluding carboxylic acids is 2. The lowest BCUT2D eigenvalue weighted by Crippen LogP contribution is -2.31. The van der Waals surface area contributed by atoms with Crippen molar-refractivity contribution in [2.75, 3.05) is 7.11 Å². The van der Waals surface area contributed by atoms with Crippen LogP contribution in [0.2, 0.25) is 0 Å². The first-order valence-corrected chi connectivity index (χ1v) is 5.73. The smallest absolute Gasteiger partial charge is 0.333 e. The molecule has 0 bridgehead atoms. The number of carbonyl (C=O) groups is 2. The average Bonchev–Trinajstić information content (AvgIpc) is 3.12. The highest BCUT2D eigenvalue weighted by Gasteiger charge is 2.39. The van der Waals surface area contributed by atoms with Gasteiger partial charge >= 0.3 is 11.9 Å². The Morgan fingerprint density at radius 1 is 1.41 bits per heavy atom. The summed E-state index contributed by atoms with van der Waals surface area (Å²) in [5.41, 5.74) is -0.244. The lowest BCUT2D eigenvalue weighted by molar-refractivity contribution is -0.153. The summed E-state index contributed by atoms with van der Waals surface area (Å²) in [6.07, 6.45) is 7.49. The van der Waals surface area contributed by atoms with Gasteiger partial charge in [0.15, 0.2) is 0 Å². The lowest BCUT2D eigenvalue weighted by Gasteiger charge is -2.26. The third-order valence-electron chi connectivity index (χ3n) is 3.03. The number of ether oxygens (including phenoxy) is 2. The van der Waals surface area contributed by atoms with Gasteiger partial charge in [-0.25, -0.2) is 4.79 Å². The number of hydrogen-bond donors (Lipinski definition) is 0. The molecule has 4 nitrogen and oxygen atoms in total. The molecule has 1 atom stereocenters. The van der Waals surface area contributed by atoms with Gasteiger partial charge < -0.3 is 9.47 Å². The third-order valence-corrected chi connectivity index (χ3v) is 3.03. The number of allylic oxidation sites excluding steroid dienone is 2. The highest BCUT2D eigenvalue weighted by molar-refractivity contribution is 5.91. The van der Waals surface area contributed by atoms with E-state index in [9.17, 15) is 9.59 Å². The van der Waals surface area contributed by atoms with Crippen LogP contribution in [0.5, 0.6) is 0 Å². The van der Waals surface area contributed by atoms with E-state index in [4.69, 9.17) is 4.74 Å². The van der Waals surface area contributed by atoms with E-state index < -0.39 is 5.41 Å². The molecule has 2 rings (SSSR count). The topological polar surface area (TPSA) is 52.6 Å². The molecule has 0 radical (unpaired) electrons. The van der Waals surface area contributed by atoms with Crippen LogP contribution in [0.25, 0.3) is 0 Å². The summed E-state index contributed by atoms with van der Waals surface area (Å²) in [4.78, 5) is 23.4. The largest absolute Gasteiger partial charge is 0.466 e. The molecule has 2 aliphatic carbocycles. The summed E-state index contributed by atoms with van der Waals surface area (Å²) in [7, 11) is 1.33. The van der Waals surface area contributed by atoms with E-state index in [0.29, 0.717) is 12.0 Å². The Bertz CT molecular complexity index is 404. The Hall–Kier alpha value is -1.58. The van der Waals surface area contributed by atoms with Gasteiger partial charge in [0.05, 0.1) is 12.5 Å². The Kier molecular flexibility index (Phi) is 3.05. The monoisotopic (exact) mass is 236 g/mol. The van der Waals surface area contributed by atoms with Crippen molar-refractivity contribution in [3.05, 3.63) is 23.8 Å². The molecular weight excluding hydrogens is 220 g/mol. The van der Waals surface area contributed by atoms with E-state index in [1.54, 1.807) is 25.2 Å². The maximum absolute atomic E-state index is 12.0. The van der Waals surface area contributed by atoms with Crippen molar-refractivity contribution >= 4 is 11.9 Å². The second-order valence-electron chi connectivity index (χ2n) is 4.74. The molecule has 0 aromatic carbocycles. The zero-order valence-electron chi connectivity index (χ0n) is 10.1. The zero-order valence-corrected chi connectivity index (χ0v) is 10.1. The van der Waals surface area contributed by atoms with Crippen LogP contribution in [-0.2, 0) is 19.1 Å². The van der Waals surface area contributed by atoms with Crippen molar-refractivity contribution < 1.29 is 19.1 Å². The van der Waals surface area contributed by atoms with Crippen molar-refractivity contribution in [1.82, 2.24) is 0 Å². The van der Waals surface area contributed by atoms with Gasteiger partial charge in [-0.05, 0) is 26.2 Å². The van der Waals surface area contributed by atoms with Gasteiger partial charge in [-0.15, -0.1) is 0 Å². The quantitative estimate of drug-likeness (QED) is 0.701. The predicted molar refractivity (Wildman–Crippen MR) is 61.1 cm³/mol. The van der Waals surface area contributed by atoms with Crippen molar-refractivity contribution in [2.24, 2.45) is 5.41 Å². The molecule has 0 aromatic rings. The third kappa shape index (κ3) is 2.57. The molecule has 1 unspecified atom stereocenters. The fraction of sp³-hybridized carbons (Fsp3) is 0.538. The number of esters is 2. The van der Waals surface area contributed by atoms with Crippen LogP contribution >= 0.6 is 0 Å². The summed E-state index contributed by atoms with van der Waals surface area (Å²) in [5.74, 6) is -0.648. The summed E-state index contributed by atoms with van der Waals surface area (Å²) in [6.45, 7) is 1.78. The summed E-state index contributed by atoms with van der Waals surface area (Å²) >= 11 is 0. The first kappa shape index (κ1) is 11.9. The summed E-state index contributed by atoms with van der Waals surface area (Å²) in [6, 6.07) is 0. The fourth-order valence-electron chi connectivity index (χ4n) is 1.77. The van der Waals surface area contributed by atoms with Crippen molar-refractivity contribution in [1.29, 1.82) is 0 Å². The average molecular weight is 236 g/mol. The van der Waals surface area contributed by atoms with Crippen molar-refractivity contribution in [3.63, 3.8) is 0 Å². The molecule has 0 spiro atoms. The van der Waals surface area contributed by atoms with E-state index in [0.717, 1.165) is 12.8 Å². The highest BCUT2D eigenvalue weighted by Crippen LogP contribution is 2.35. The molecule has 1 fully saturated rings. The summed E-state index contributed by atoms with van der Waals surface area (Å²) < 4.78 is 9.96. The molecule has 0 aromatic heterocycles. The zero-order chi connectivity index (χ0) is 12.5. The number of methoxy groups -OCH3 is 1. The molecule has 4 heteroatoms. The maximum atomic E-state index is 12.0. The highest BCUT2D eigenvalue weighted by atomic mass is 16.6. The maximum Gasteiger partial charge on any atom is 0.333 e. The van der Waals surface area contributed by atoms with Crippen LogP contribution in [0.4, 0.5) is 0 Å². The van der Waals surface area contributed by atoms with Crippen molar-refractivity contribution in [3.8, 4) is 0 Å². The van der Waals surface area contributed by atoms with Crippen LogP contribution in [0.15, 0.2) is 23.8 Å². The van der Waals surface area contributed by atoms with Gasteiger partial charge in [-0.3, -0.25) is 4.79 Å². The van der Waals surface area contributed by atoms with E-state index >= 15 is 0 Å². The Morgan fingerprint density at radius 2 is 2.12 bits per heavy atom. The molecule has 2 aliphatic rings. The van der Waals surface area contributed by atoms with E-state index in [1.165, 1.54) is 7.11 Å². The molecule has 17 heavy (non-hydrogen) atoms. The second kappa shape index (κ2) is 4.35. The molecular formula is C13H16O4. The lowest BCUT2D eigenvalue weighted by atomic mass is 9.80. The first-order valence-electron chi connectivity index (χ1n) is 5.73. The van der Waals surface area contributed by atoms with Crippen LogP contribution < -0.4 is 0 Å². The SMILES string of the molecule is COC(=O)C1=CC=CC(C)(C(=O)OC2CC2)C1. The van der Waals surface area contributed by atoms with Crippen LogP contribution in [0.1, 0.15) is 26.2 Å². The Balaban J connectivity index is 2.06. The molecule has 0 heterocycles. The van der Waals surface area contributed by atoms with E-state index in [-0.39, 0.29) is 18.0 Å². The molecule has 1 saturated carbocycles. The molecule has 92 valence electrons. The van der Waals surface area contributed by atoms with Gasteiger partial charge in [0, 0.05) is 5.57 Å². The van der Waals surface area contributed by atoms with Crippen LogP contribution in [0, 0.1) is 5.41 Å². The van der Waals surface area contributed by atoms with Crippen LogP contribution in [0.3, 0.4) is 0 Å². The van der Waals surface area contributed by atoms with Gasteiger partial charge in [0.1, 0.15) is 6.10 Å². The van der Waals surface area contributed by atoms with Gasteiger partial charge in [-0.1, -0.05) is 18.2 Å². The standard InChI is InChI=1S/C13H16O4/c1-13(12(15)17-10-5-6-10)7-3-4-9(8-13)11(14)16-2/h3-4,7,10H,5-6,8H2,1-2H3. The molecule has 0 amide bonds. The minimum absolute atomic E-state index is 0.0835. The van der Waals surface area contributed by atoms with Gasteiger partial charge in [0.2, 0.25) is 0 Å². The number of hydrogen-bond acceptors (Lipinski definition) is 4. The van der Waals surface area contributed by atoms with Gasteiger partial charge in [0.25, 0.3) is 0 Å². The van der Waals surface area contributed by atoms with Gasteiger partial charge in [-0.2, -0.15) is 0 Å². The molecule has 0 N–H and O–H groups in total. The molecule has 0 saturated heterocycles. The molecule has 0 aliphatic heterocycles. The van der Waals surface area contributed by atoms with E-state index in [2.05, 4.69) is 4.74 Å². The van der Waals surface area contributed by atoms with Crippen LogP contribution in [-0.4, -0.2) is 25.2 Å². The van der Waals surface area contributed by atoms with Crippen molar-refractivity contribution in [2.45, 2.75) is 32.3 Å². The van der Waals surface area contributed by atoms with E-state index in [1.807, 2.05) is 0 Å². The minimum Gasteiger partial charge on any atom is -0.466 e. The first-order chi connectivity index (χ1) is 8.05. The predicted octanol–water partition coefficient (Wildman–Crippen LogP) is 1.76.